The van der Waals surface area contributed by atoms with E-state index in [1.807, 2.05) is 0 Å². The average Bonchev–Trinajstić information content (AvgIpc) is 2.21. The van der Waals surface area contributed by atoms with Crippen molar-refractivity contribution in [2.45, 2.75) is 0 Å². The number of H-pyrrole nitrogens is 1. The van der Waals surface area contributed by atoms with Crippen LogP contribution in [0.2, 0.25) is 15.1 Å². The van der Waals surface area contributed by atoms with Gasteiger partial charge in [-0.3, -0.25) is 4.79 Å². The number of nitrogens with one attached hydrogen (secondary N) is 1. The van der Waals surface area contributed by atoms with Gasteiger partial charge >= 0.3 is 0 Å². The fourth-order valence-electron chi connectivity index (χ4n) is 1.45. The number of pyridine rings is 1. The molecule has 0 atom stereocenters. The van der Waals surface area contributed by atoms with Crippen molar-refractivity contribution in [3.8, 4) is 11.1 Å². The normalized spacial score (nSPS) is 10.6. The Balaban J connectivity index is 2.77. The molecular formula is C11H5Cl3FNO. The number of hydrogen-bond acceptors (Lipinski definition) is 1. The first-order chi connectivity index (χ1) is 7.99. The molecule has 0 spiro atoms. The number of aromatic amines is 1. The van der Waals surface area contributed by atoms with E-state index in [1.165, 1.54) is 12.1 Å². The van der Waals surface area contributed by atoms with Crippen molar-refractivity contribution >= 4 is 34.8 Å². The fraction of sp³-hybridized carbons (Fsp3) is 0. The van der Waals surface area contributed by atoms with Gasteiger partial charge in [0.25, 0.3) is 0 Å². The van der Waals surface area contributed by atoms with Gasteiger partial charge in [0.05, 0.1) is 10.0 Å². The van der Waals surface area contributed by atoms with E-state index in [4.69, 9.17) is 34.8 Å². The Hall–Kier alpha value is -1.03. The highest BCUT2D eigenvalue weighted by Crippen LogP contribution is 2.37. The SMILES string of the molecule is O=c1cc(-c2c(Cl)cc(Cl)cc2Cl)c(F)c[nH]1. The third-order valence-electron chi connectivity index (χ3n) is 2.15. The Morgan fingerprint density at radius 3 is 2.24 bits per heavy atom. The van der Waals surface area contributed by atoms with Crippen LogP contribution in [0.5, 0.6) is 0 Å². The van der Waals surface area contributed by atoms with Gasteiger partial charge < -0.3 is 4.98 Å². The summed E-state index contributed by atoms with van der Waals surface area (Å²) >= 11 is 17.6. The highest BCUT2D eigenvalue weighted by Gasteiger charge is 2.14. The Morgan fingerprint density at radius 1 is 1.06 bits per heavy atom. The molecule has 6 heteroatoms. The van der Waals surface area contributed by atoms with Gasteiger partial charge in [-0.05, 0) is 12.1 Å². The summed E-state index contributed by atoms with van der Waals surface area (Å²) in [6, 6.07) is 3.96. The van der Waals surface area contributed by atoms with Crippen LogP contribution in [0, 0.1) is 5.82 Å². The molecular weight excluding hydrogens is 287 g/mol. The van der Waals surface area contributed by atoms with Crippen LogP contribution in [0.4, 0.5) is 4.39 Å². The van der Waals surface area contributed by atoms with E-state index in [-0.39, 0.29) is 21.2 Å². The van der Waals surface area contributed by atoms with Crippen LogP contribution in [0.3, 0.4) is 0 Å². The summed E-state index contributed by atoms with van der Waals surface area (Å²) in [7, 11) is 0. The molecule has 1 aromatic heterocycles. The maximum absolute atomic E-state index is 13.6. The second-order valence-corrected chi connectivity index (χ2v) is 4.55. The lowest BCUT2D eigenvalue weighted by atomic mass is 10.1. The quantitative estimate of drug-likeness (QED) is 0.842. The van der Waals surface area contributed by atoms with E-state index in [0.717, 1.165) is 12.3 Å². The zero-order valence-electron chi connectivity index (χ0n) is 8.23. The van der Waals surface area contributed by atoms with Gasteiger partial charge in [0, 0.05) is 28.4 Å². The number of hydrogen-bond donors (Lipinski definition) is 1. The van der Waals surface area contributed by atoms with Gasteiger partial charge in [0.2, 0.25) is 5.56 Å². The summed E-state index contributed by atoms with van der Waals surface area (Å²) in [5.74, 6) is -0.615. The largest absolute Gasteiger partial charge is 0.326 e. The van der Waals surface area contributed by atoms with Crippen molar-refractivity contribution in [3.05, 3.63) is 55.6 Å². The van der Waals surface area contributed by atoms with Crippen LogP contribution in [-0.2, 0) is 0 Å². The zero-order valence-corrected chi connectivity index (χ0v) is 10.5. The molecule has 2 rings (SSSR count). The lowest BCUT2D eigenvalue weighted by Crippen LogP contribution is -2.05. The van der Waals surface area contributed by atoms with Crippen LogP contribution in [-0.4, -0.2) is 4.98 Å². The molecule has 88 valence electrons. The third kappa shape index (κ3) is 2.46. The second kappa shape index (κ2) is 4.69. The maximum atomic E-state index is 13.6. The molecule has 0 radical (unpaired) electrons. The van der Waals surface area contributed by atoms with E-state index in [2.05, 4.69) is 4.98 Å². The van der Waals surface area contributed by atoms with Crippen molar-refractivity contribution in [2.75, 3.05) is 0 Å². The van der Waals surface area contributed by atoms with Crippen molar-refractivity contribution in [3.63, 3.8) is 0 Å². The molecule has 0 saturated heterocycles. The third-order valence-corrected chi connectivity index (χ3v) is 2.96. The summed E-state index contributed by atoms with van der Waals surface area (Å²) in [5.41, 5.74) is -0.148. The van der Waals surface area contributed by atoms with Crippen molar-refractivity contribution in [2.24, 2.45) is 0 Å². The van der Waals surface area contributed by atoms with Crippen LogP contribution in [0.25, 0.3) is 11.1 Å². The Morgan fingerprint density at radius 2 is 1.65 bits per heavy atom. The second-order valence-electron chi connectivity index (χ2n) is 3.30. The van der Waals surface area contributed by atoms with Crippen LogP contribution >= 0.6 is 34.8 Å². The fourth-order valence-corrected chi connectivity index (χ4v) is 2.47. The Bertz CT molecular complexity index is 616. The van der Waals surface area contributed by atoms with Crippen LogP contribution in [0.1, 0.15) is 0 Å². The lowest BCUT2D eigenvalue weighted by Gasteiger charge is -2.08. The van der Waals surface area contributed by atoms with Gasteiger partial charge in [-0.15, -0.1) is 0 Å². The number of rotatable bonds is 1. The molecule has 1 heterocycles. The minimum atomic E-state index is -0.615. The minimum Gasteiger partial charge on any atom is -0.326 e. The molecule has 0 saturated carbocycles. The summed E-state index contributed by atoms with van der Waals surface area (Å²) in [6.07, 6.45) is 0.957. The molecule has 17 heavy (non-hydrogen) atoms. The van der Waals surface area contributed by atoms with Gasteiger partial charge in [-0.25, -0.2) is 4.39 Å². The van der Waals surface area contributed by atoms with Crippen LogP contribution in [0.15, 0.2) is 29.2 Å². The first kappa shape index (κ1) is 12.4. The Labute approximate surface area is 111 Å². The molecule has 0 aliphatic rings. The van der Waals surface area contributed by atoms with Gasteiger partial charge in [0.1, 0.15) is 5.82 Å². The number of aromatic nitrogens is 1. The van der Waals surface area contributed by atoms with Gasteiger partial charge in [-0.1, -0.05) is 34.8 Å². The number of benzene rings is 1. The predicted octanol–water partition coefficient (Wildman–Crippen LogP) is 4.14. The van der Waals surface area contributed by atoms with Gasteiger partial charge in [0.15, 0.2) is 0 Å². The highest BCUT2D eigenvalue weighted by molar-refractivity contribution is 6.41. The Kier molecular flexibility index (Phi) is 3.43. The molecule has 0 fully saturated rings. The highest BCUT2D eigenvalue weighted by atomic mass is 35.5. The molecule has 0 amide bonds. The summed E-state index contributed by atoms with van der Waals surface area (Å²) in [6.45, 7) is 0. The molecule has 0 bridgehead atoms. The van der Waals surface area contributed by atoms with Crippen molar-refractivity contribution in [1.82, 2.24) is 4.98 Å². The van der Waals surface area contributed by atoms with E-state index < -0.39 is 11.4 Å². The van der Waals surface area contributed by atoms with Gasteiger partial charge in [-0.2, -0.15) is 0 Å². The van der Waals surface area contributed by atoms with Crippen LogP contribution < -0.4 is 5.56 Å². The first-order valence-electron chi connectivity index (χ1n) is 4.52. The monoisotopic (exact) mass is 291 g/mol. The zero-order chi connectivity index (χ0) is 12.6. The summed E-state index contributed by atoms with van der Waals surface area (Å²) in [5, 5.41) is 0.716. The maximum Gasteiger partial charge on any atom is 0.248 e. The molecule has 0 aliphatic heterocycles. The van der Waals surface area contributed by atoms with E-state index in [1.54, 1.807) is 0 Å². The van der Waals surface area contributed by atoms with E-state index in [9.17, 15) is 9.18 Å². The lowest BCUT2D eigenvalue weighted by molar-refractivity contribution is 0.624. The van der Waals surface area contributed by atoms with E-state index in [0.29, 0.717) is 5.02 Å². The van der Waals surface area contributed by atoms with Crippen molar-refractivity contribution in [1.29, 1.82) is 0 Å². The molecule has 2 nitrogen and oxygen atoms in total. The molecule has 1 aromatic carbocycles. The molecule has 0 aliphatic carbocycles. The number of halogens is 4. The molecule has 2 aromatic rings. The molecule has 1 N–H and O–H groups in total. The smallest absolute Gasteiger partial charge is 0.248 e. The minimum absolute atomic E-state index is 0.0421. The first-order valence-corrected chi connectivity index (χ1v) is 5.65. The standard InChI is InChI=1S/C11H5Cl3FNO/c12-5-1-7(13)11(8(14)2-5)6-3-10(17)16-4-9(6)15/h1-4H,(H,16,17). The average molecular weight is 293 g/mol. The van der Waals surface area contributed by atoms with E-state index >= 15 is 0 Å². The topological polar surface area (TPSA) is 32.9 Å². The predicted molar refractivity (Wildman–Crippen MR) is 67.5 cm³/mol. The van der Waals surface area contributed by atoms with Crippen molar-refractivity contribution < 1.29 is 4.39 Å². The summed E-state index contributed by atoms with van der Waals surface area (Å²) < 4.78 is 13.6. The molecule has 0 unspecified atom stereocenters. The summed E-state index contributed by atoms with van der Waals surface area (Å²) in [4.78, 5) is 13.4.